The first-order valence-electron chi connectivity index (χ1n) is 14.3. The molecule has 0 saturated carbocycles. The van der Waals surface area contributed by atoms with E-state index in [9.17, 15) is 23.2 Å². The van der Waals surface area contributed by atoms with Crippen molar-refractivity contribution in [2.24, 2.45) is 4.99 Å². The standard InChI is InChI=1S/C34H15F2N5O4S3/c35-16-10-18-24(20(36)11-16)29(42)30(43)26(18)38-33-27-25(39-48-40-27)19(13-37-33)23-12-21-31(47-23)32-28(17-8-4-5-9-22(17)46-32)41(21)34(44)45-14-15-6-2-1-3-7-15/h1-13H,14H2/b38-26-. The van der Waals surface area contributed by atoms with Gasteiger partial charge in [-0.25, -0.2) is 28.1 Å². The third kappa shape index (κ3) is 4.26. The van der Waals surface area contributed by atoms with Gasteiger partial charge in [0.2, 0.25) is 5.43 Å². The summed E-state index contributed by atoms with van der Waals surface area (Å²) in [5.41, 5.74) is 1.40. The Morgan fingerprint density at radius 1 is 0.875 bits per heavy atom. The monoisotopic (exact) mass is 691 g/mol. The van der Waals surface area contributed by atoms with Crippen LogP contribution in [0.2, 0.25) is 0 Å². The van der Waals surface area contributed by atoms with Gasteiger partial charge in [-0.3, -0.25) is 9.59 Å². The van der Waals surface area contributed by atoms with Crippen LogP contribution in [0.1, 0.15) is 5.56 Å². The summed E-state index contributed by atoms with van der Waals surface area (Å²) in [7, 11) is 0. The number of carbonyl (C=O) groups excluding carboxylic acids is 1. The van der Waals surface area contributed by atoms with Crippen LogP contribution in [0.4, 0.5) is 19.4 Å². The molecule has 0 N–H and O–H groups in total. The molecule has 48 heavy (non-hydrogen) atoms. The molecule has 0 spiro atoms. The van der Waals surface area contributed by atoms with Crippen molar-refractivity contribution in [2.45, 2.75) is 6.61 Å². The molecule has 0 aliphatic carbocycles. The molecule has 5 aromatic heterocycles. The third-order valence-electron chi connectivity index (χ3n) is 8.05. The maximum Gasteiger partial charge on any atom is 0.419 e. The zero-order valence-corrected chi connectivity index (χ0v) is 26.5. The van der Waals surface area contributed by atoms with Crippen LogP contribution < -0.4 is 16.2 Å². The van der Waals surface area contributed by atoms with Gasteiger partial charge in [0.25, 0.3) is 5.43 Å². The molecule has 9 rings (SSSR count). The Labute approximate surface area is 278 Å². The number of thiophene rings is 2. The van der Waals surface area contributed by atoms with Crippen molar-refractivity contribution in [2.75, 3.05) is 0 Å². The molecule has 0 atom stereocenters. The van der Waals surface area contributed by atoms with E-state index in [-0.39, 0.29) is 23.3 Å². The van der Waals surface area contributed by atoms with Crippen molar-refractivity contribution in [1.82, 2.24) is 18.3 Å². The lowest BCUT2D eigenvalue weighted by Gasteiger charge is -2.07. The molecule has 0 radical (unpaired) electrons. The first kappa shape index (κ1) is 28.6. The van der Waals surface area contributed by atoms with Crippen molar-refractivity contribution >= 4 is 98.6 Å². The summed E-state index contributed by atoms with van der Waals surface area (Å²) in [5.74, 6) is -2.11. The maximum atomic E-state index is 14.4. The first-order valence-corrected chi connectivity index (χ1v) is 16.7. The van der Waals surface area contributed by atoms with Crippen LogP contribution in [0.25, 0.3) is 62.8 Å². The SMILES string of the molecule is O=C(OCc1ccccc1)n1c2cc(-c3cnc(/N=c4\c(=O)c(=O)c5c(F)cc(F)cc45)c4nsnc34)sc2c2sc3ccccc3c21. The molecule has 232 valence electrons. The Morgan fingerprint density at radius 2 is 1.67 bits per heavy atom. The fourth-order valence-corrected chi connectivity index (χ4v) is 8.96. The molecule has 14 heteroatoms. The fourth-order valence-electron chi connectivity index (χ4n) is 5.92. The summed E-state index contributed by atoms with van der Waals surface area (Å²) in [6, 6.07) is 20.7. The zero-order chi connectivity index (χ0) is 32.7. The lowest BCUT2D eigenvalue weighted by Crippen LogP contribution is -2.30. The van der Waals surface area contributed by atoms with E-state index in [1.807, 2.05) is 60.7 Å². The predicted octanol–water partition coefficient (Wildman–Crippen LogP) is 7.58. The van der Waals surface area contributed by atoms with Crippen LogP contribution in [-0.4, -0.2) is 24.4 Å². The molecule has 4 aromatic carbocycles. The van der Waals surface area contributed by atoms with E-state index >= 15 is 0 Å². The number of rotatable bonds is 4. The molecule has 0 unspecified atom stereocenters. The molecule has 9 nitrogen and oxygen atoms in total. The van der Waals surface area contributed by atoms with Gasteiger partial charge in [0.05, 0.1) is 37.5 Å². The average molecular weight is 692 g/mol. The van der Waals surface area contributed by atoms with Gasteiger partial charge in [0.15, 0.2) is 5.82 Å². The van der Waals surface area contributed by atoms with Gasteiger partial charge in [0.1, 0.15) is 34.6 Å². The second-order valence-electron chi connectivity index (χ2n) is 10.9. The van der Waals surface area contributed by atoms with Crippen molar-refractivity contribution in [3.63, 3.8) is 0 Å². The molecule has 0 aliphatic heterocycles. The van der Waals surface area contributed by atoms with E-state index in [1.165, 1.54) is 17.5 Å². The molecular formula is C34H15F2N5O4S3. The minimum absolute atomic E-state index is 0.0295. The van der Waals surface area contributed by atoms with Crippen molar-refractivity contribution in [3.8, 4) is 10.4 Å². The summed E-state index contributed by atoms with van der Waals surface area (Å²) in [5, 5.41) is -0.237. The predicted molar refractivity (Wildman–Crippen MR) is 183 cm³/mol. The highest BCUT2D eigenvalue weighted by Gasteiger charge is 2.26. The number of halogens is 2. The normalized spacial score (nSPS) is 12.4. The van der Waals surface area contributed by atoms with Crippen LogP contribution in [0, 0.1) is 11.6 Å². The number of hydrogen-bond donors (Lipinski definition) is 0. The highest BCUT2D eigenvalue weighted by Crippen LogP contribution is 2.47. The minimum atomic E-state index is -1.14. The van der Waals surface area contributed by atoms with E-state index in [0.29, 0.717) is 22.7 Å². The van der Waals surface area contributed by atoms with Gasteiger partial charge in [-0.15, -0.1) is 22.7 Å². The lowest BCUT2D eigenvalue weighted by atomic mass is 10.2. The maximum absolute atomic E-state index is 14.4. The van der Waals surface area contributed by atoms with Crippen LogP contribution in [0.3, 0.4) is 0 Å². The molecule has 0 aliphatic rings. The van der Waals surface area contributed by atoms with Gasteiger partial charge in [0, 0.05) is 38.2 Å². The summed E-state index contributed by atoms with van der Waals surface area (Å²) >= 11 is 3.94. The van der Waals surface area contributed by atoms with Gasteiger partial charge in [-0.1, -0.05) is 48.5 Å². The van der Waals surface area contributed by atoms with Crippen molar-refractivity contribution in [3.05, 3.63) is 122 Å². The highest BCUT2D eigenvalue weighted by atomic mass is 32.1. The second-order valence-corrected chi connectivity index (χ2v) is 13.5. The summed E-state index contributed by atoms with van der Waals surface area (Å²) in [6.07, 6.45) is 1.00. The van der Waals surface area contributed by atoms with E-state index in [4.69, 9.17) is 4.74 Å². The number of carbonyl (C=O) groups is 1. The number of hydrogen-bond acceptors (Lipinski definition) is 11. The average Bonchev–Trinajstić information content (AvgIpc) is 3.90. The molecule has 9 aromatic rings. The number of fused-ring (bicyclic) bond motifs is 7. The third-order valence-corrected chi connectivity index (χ3v) is 11.1. The Kier molecular flexibility index (Phi) is 6.40. The second kappa shape index (κ2) is 10.7. The smallest absolute Gasteiger partial charge is 0.419 e. The Hall–Kier alpha value is -5.57. The number of nitrogens with zero attached hydrogens (tertiary/aromatic N) is 5. The van der Waals surface area contributed by atoms with Gasteiger partial charge in [-0.2, -0.15) is 8.75 Å². The number of ether oxygens (including phenoxy) is 1. The Morgan fingerprint density at radius 3 is 2.52 bits per heavy atom. The number of pyridine rings is 1. The highest BCUT2D eigenvalue weighted by molar-refractivity contribution is 7.32. The van der Waals surface area contributed by atoms with E-state index in [1.54, 1.807) is 15.9 Å². The van der Waals surface area contributed by atoms with Crippen LogP contribution in [0.15, 0.2) is 93.6 Å². The minimum Gasteiger partial charge on any atom is -0.444 e. The van der Waals surface area contributed by atoms with Crippen LogP contribution in [0.5, 0.6) is 0 Å². The number of benzene rings is 3. The summed E-state index contributed by atoms with van der Waals surface area (Å²) in [6.45, 7) is 0.108. The Balaban J connectivity index is 1.21. The van der Waals surface area contributed by atoms with E-state index < -0.39 is 39.3 Å². The van der Waals surface area contributed by atoms with Gasteiger partial charge < -0.3 is 4.74 Å². The summed E-state index contributed by atoms with van der Waals surface area (Å²) in [4.78, 5) is 48.5. The number of aromatic nitrogens is 4. The van der Waals surface area contributed by atoms with E-state index in [2.05, 4.69) is 18.7 Å². The van der Waals surface area contributed by atoms with Crippen molar-refractivity contribution in [1.29, 1.82) is 0 Å². The molecule has 0 amide bonds. The van der Waals surface area contributed by atoms with Crippen molar-refractivity contribution < 1.29 is 18.3 Å². The lowest BCUT2D eigenvalue weighted by molar-refractivity contribution is 0.143. The van der Waals surface area contributed by atoms with Gasteiger partial charge in [-0.05, 0) is 23.8 Å². The Bertz CT molecular complexity index is 2960. The molecule has 0 bridgehead atoms. The topological polar surface area (TPSA) is 116 Å². The zero-order valence-electron chi connectivity index (χ0n) is 24.1. The first-order chi connectivity index (χ1) is 23.4. The fraction of sp³-hybridized carbons (Fsp3) is 0.0294. The van der Waals surface area contributed by atoms with Gasteiger partial charge >= 0.3 is 6.09 Å². The van der Waals surface area contributed by atoms with Crippen LogP contribution >= 0.6 is 34.4 Å². The molecule has 5 heterocycles. The quantitative estimate of drug-likeness (QED) is 0.175. The summed E-state index contributed by atoms with van der Waals surface area (Å²) < 4.78 is 47.6. The van der Waals surface area contributed by atoms with E-state index in [0.717, 1.165) is 53.2 Å². The molecule has 0 fully saturated rings. The van der Waals surface area contributed by atoms with Crippen LogP contribution in [-0.2, 0) is 11.3 Å². The molecular weight excluding hydrogens is 677 g/mol. The molecule has 0 saturated heterocycles. The largest absolute Gasteiger partial charge is 0.444 e.